The Morgan fingerprint density at radius 3 is 1.28 bits per heavy atom. The van der Waals surface area contributed by atoms with Gasteiger partial charge in [-0.1, -0.05) is 154 Å². The Bertz CT molecular complexity index is 626. The predicted octanol–water partition coefficient (Wildman–Crippen LogP) is 10.7. The van der Waals surface area contributed by atoms with Gasteiger partial charge in [-0.15, -0.1) is 0 Å². The molecule has 0 bridgehead atoms. The van der Waals surface area contributed by atoms with Crippen molar-refractivity contribution in [1.29, 1.82) is 0 Å². The third-order valence-corrected chi connectivity index (χ3v) is 8.34. The lowest BCUT2D eigenvalue weighted by atomic mass is 9.80. The first-order chi connectivity index (χ1) is 19.1. The predicted molar refractivity (Wildman–Crippen MR) is 165 cm³/mol. The summed E-state index contributed by atoms with van der Waals surface area (Å²) in [6, 6.07) is 0. The van der Waals surface area contributed by atoms with Gasteiger partial charge >= 0.3 is 11.9 Å². The highest BCUT2D eigenvalue weighted by Gasteiger charge is 2.37. The van der Waals surface area contributed by atoms with E-state index in [9.17, 15) is 9.59 Å². The average Bonchev–Trinajstić information content (AvgIpc) is 2.94. The molecule has 0 heterocycles. The van der Waals surface area contributed by atoms with Crippen LogP contribution in [-0.2, 0) is 19.1 Å². The molecule has 0 amide bonds. The Labute approximate surface area is 242 Å². The molecule has 1 rings (SSSR count). The number of allylic oxidation sites excluding steroid dienone is 2. The molecule has 2 atom stereocenters. The van der Waals surface area contributed by atoms with Crippen LogP contribution in [0.25, 0.3) is 0 Å². The van der Waals surface area contributed by atoms with Crippen LogP contribution in [0.4, 0.5) is 0 Å². The van der Waals surface area contributed by atoms with E-state index < -0.39 is 11.8 Å². The SMILES string of the molecule is CCCCCCCCCCCCCOC(=O)C1CC=C(C)CC1C(=O)OCCCCCCCCCCCCC. The van der Waals surface area contributed by atoms with Crippen LogP contribution >= 0.6 is 0 Å². The van der Waals surface area contributed by atoms with Gasteiger partial charge in [0.1, 0.15) is 0 Å². The van der Waals surface area contributed by atoms with Gasteiger partial charge in [0.2, 0.25) is 0 Å². The highest BCUT2D eigenvalue weighted by atomic mass is 16.5. The molecule has 0 aromatic rings. The summed E-state index contributed by atoms with van der Waals surface area (Å²) in [5.41, 5.74) is 1.17. The Kier molecular flexibility index (Phi) is 23.5. The average molecular weight is 549 g/mol. The van der Waals surface area contributed by atoms with E-state index in [4.69, 9.17) is 9.47 Å². The van der Waals surface area contributed by atoms with Crippen molar-refractivity contribution in [2.45, 2.75) is 175 Å². The lowest BCUT2D eigenvalue weighted by molar-refractivity contribution is -0.161. The summed E-state index contributed by atoms with van der Waals surface area (Å²) in [6.45, 7) is 7.50. The molecule has 39 heavy (non-hydrogen) atoms. The second-order valence-electron chi connectivity index (χ2n) is 12.1. The minimum Gasteiger partial charge on any atom is -0.465 e. The maximum Gasteiger partial charge on any atom is 0.310 e. The molecule has 0 saturated carbocycles. The number of rotatable bonds is 26. The standard InChI is InChI=1S/C35H64O4/c1-4-6-8-10-12-14-16-18-20-22-24-28-38-34(36)32-27-26-31(3)30-33(32)35(37)39-29-25-23-21-19-17-15-13-11-9-7-5-2/h26,32-33H,4-25,27-30H2,1-3H3. The fraction of sp³-hybridized carbons (Fsp3) is 0.886. The van der Waals surface area contributed by atoms with Gasteiger partial charge in [-0.25, -0.2) is 0 Å². The number of hydrogen-bond donors (Lipinski definition) is 0. The molecule has 0 aromatic carbocycles. The number of esters is 2. The van der Waals surface area contributed by atoms with Gasteiger partial charge in [-0.2, -0.15) is 0 Å². The Morgan fingerprint density at radius 1 is 0.564 bits per heavy atom. The molecule has 0 radical (unpaired) electrons. The first-order valence-corrected chi connectivity index (χ1v) is 17.1. The summed E-state index contributed by atoms with van der Waals surface area (Å²) in [4.78, 5) is 25.7. The van der Waals surface area contributed by atoms with Gasteiger partial charge in [0, 0.05) is 0 Å². The first-order valence-electron chi connectivity index (χ1n) is 17.1. The molecule has 1 aliphatic rings. The molecule has 4 heteroatoms. The van der Waals surface area contributed by atoms with Gasteiger partial charge in [0.25, 0.3) is 0 Å². The second kappa shape index (κ2) is 25.6. The molecular formula is C35H64O4. The van der Waals surface area contributed by atoms with Crippen LogP contribution in [-0.4, -0.2) is 25.2 Å². The van der Waals surface area contributed by atoms with Crippen LogP contribution in [0.15, 0.2) is 11.6 Å². The minimum atomic E-state index is -0.397. The third-order valence-electron chi connectivity index (χ3n) is 8.34. The van der Waals surface area contributed by atoms with E-state index >= 15 is 0 Å². The Hall–Kier alpha value is -1.32. The molecule has 4 nitrogen and oxygen atoms in total. The molecule has 228 valence electrons. The van der Waals surface area contributed by atoms with E-state index in [-0.39, 0.29) is 11.9 Å². The van der Waals surface area contributed by atoms with Gasteiger partial charge in [0.15, 0.2) is 0 Å². The van der Waals surface area contributed by atoms with Crippen LogP contribution < -0.4 is 0 Å². The van der Waals surface area contributed by atoms with E-state index in [2.05, 4.69) is 19.9 Å². The zero-order valence-electron chi connectivity index (χ0n) is 26.2. The van der Waals surface area contributed by atoms with Crippen LogP contribution in [0, 0.1) is 11.8 Å². The topological polar surface area (TPSA) is 52.6 Å². The number of carbonyl (C=O) groups is 2. The summed E-state index contributed by atoms with van der Waals surface area (Å²) >= 11 is 0. The molecule has 0 spiro atoms. The van der Waals surface area contributed by atoms with Gasteiger partial charge < -0.3 is 9.47 Å². The number of unbranched alkanes of at least 4 members (excludes halogenated alkanes) is 20. The third kappa shape index (κ3) is 19.4. The van der Waals surface area contributed by atoms with E-state index in [0.717, 1.165) is 25.7 Å². The van der Waals surface area contributed by atoms with Crippen molar-refractivity contribution in [2.75, 3.05) is 13.2 Å². The summed E-state index contributed by atoms with van der Waals surface area (Å²) in [5, 5.41) is 0. The fourth-order valence-corrected chi connectivity index (χ4v) is 5.67. The van der Waals surface area contributed by atoms with Crippen LogP contribution in [0.1, 0.15) is 175 Å². The molecule has 2 unspecified atom stereocenters. The largest absolute Gasteiger partial charge is 0.465 e. The molecule has 1 aliphatic carbocycles. The van der Waals surface area contributed by atoms with Crippen molar-refractivity contribution in [3.8, 4) is 0 Å². The normalized spacial score (nSPS) is 17.2. The van der Waals surface area contributed by atoms with E-state index in [1.807, 2.05) is 6.92 Å². The zero-order valence-corrected chi connectivity index (χ0v) is 26.2. The van der Waals surface area contributed by atoms with Crippen molar-refractivity contribution < 1.29 is 19.1 Å². The number of ether oxygens (including phenoxy) is 2. The molecular weight excluding hydrogens is 484 g/mol. The maximum atomic E-state index is 12.9. The minimum absolute atomic E-state index is 0.217. The summed E-state index contributed by atoms with van der Waals surface area (Å²) < 4.78 is 11.3. The van der Waals surface area contributed by atoms with Gasteiger partial charge in [0.05, 0.1) is 25.0 Å². The fourth-order valence-electron chi connectivity index (χ4n) is 5.67. The Balaban J connectivity index is 2.13. The lowest BCUT2D eigenvalue weighted by Crippen LogP contribution is -2.34. The zero-order chi connectivity index (χ0) is 28.4. The van der Waals surface area contributed by atoms with Crippen molar-refractivity contribution in [1.82, 2.24) is 0 Å². The monoisotopic (exact) mass is 548 g/mol. The van der Waals surface area contributed by atoms with Crippen LogP contribution in [0.2, 0.25) is 0 Å². The molecule has 0 aromatic heterocycles. The van der Waals surface area contributed by atoms with Crippen LogP contribution in [0.3, 0.4) is 0 Å². The highest BCUT2D eigenvalue weighted by Crippen LogP contribution is 2.32. The molecule has 0 N–H and O–H groups in total. The van der Waals surface area contributed by atoms with Crippen molar-refractivity contribution >= 4 is 11.9 Å². The Morgan fingerprint density at radius 2 is 0.897 bits per heavy atom. The first kappa shape index (κ1) is 35.7. The second-order valence-corrected chi connectivity index (χ2v) is 12.1. The maximum absolute atomic E-state index is 12.9. The lowest BCUT2D eigenvalue weighted by Gasteiger charge is -2.27. The van der Waals surface area contributed by atoms with Crippen LogP contribution in [0.5, 0.6) is 0 Å². The van der Waals surface area contributed by atoms with Gasteiger partial charge in [-0.3, -0.25) is 9.59 Å². The molecule has 0 saturated heterocycles. The van der Waals surface area contributed by atoms with E-state index in [1.54, 1.807) is 0 Å². The smallest absolute Gasteiger partial charge is 0.310 e. The van der Waals surface area contributed by atoms with E-state index in [0.29, 0.717) is 26.1 Å². The molecule has 0 aliphatic heterocycles. The summed E-state index contributed by atoms with van der Waals surface area (Å²) in [5.74, 6) is -1.23. The van der Waals surface area contributed by atoms with Crippen molar-refractivity contribution in [3.05, 3.63) is 11.6 Å². The van der Waals surface area contributed by atoms with Gasteiger partial charge in [-0.05, 0) is 32.6 Å². The summed E-state index contributed by atoms with van der Waals surface area (Å²) in [7, 11) is 0. The van der Waals surface area contributed by atoms with Crippen molar-refractivity contribution in [2.24, 2.45) is 11.8 Å². The number of carbonyl (C=O) groups excluding carboxylic acids is 2. The molecule has 0 fully saturated rings. The summed E-state index contributed by atoms with van der Waals surface area (Å²) in [6.07, 6.45) is 31.3. The van der Waals surface area contributed by atoms with Crippen molar-refractivity contribution in [3.63, 3.8) is 0 Å². The number of hydrogen-bond acceptors (Lipinski definition) is 4. The highest BCUT2D eigenvalue weighted by molar-refractivity contribution is 5.83. The quantitative estimate of drug-likeness (QED) is 0.0613. The van der Waals surface area contributed by atoms with E-state index in [1.165, 1.54) is 121 Å².